The summed E-state index contributed by atoms with van der Waals surface area (Å²) < 4.78 is 31.5. The lowest BCUT2D eigenvalue weighted by molar-refractivity contribution is 0.392. The van der Waals surface area contributed by atoms with Crippen LogP contribution in [-0.2, 0) is 10.2 Å². The van der Waals surface area contributed by atoms with Gasteiger partial charge in [-0.25, -0.2) is 9.03 Å². The number of aromatic hydroxyl groups is 1. The number of anilines is 1. The highest BCUT2D eigenvalue weighted by Gasteiger charge is 2.30. The topological polar surface area (TPSA) is 99.1 Å². The lowest BCUT2D eigenvalue weighted by Crippen LogP contribution is -2.29. The first-order valence-corrected chi connectivity index (χ1v) is 7.38. The Kier molecular flexibility index (Phi) is 2.84. The minimum absolute atomic E-state index is 0.0345. The van der Waals surface area contributed by atoms with E-state index in [0.29, 0.717) is 11.1 Å². The zero-order valence-corrected chi connectivity index (χ0v) is 11.8. The van der Waals surface area contributed by atoms with Gasteiger partial charge < -0.3 is 14.9 Å². The first-order chi connectivity index (χ1) is 9.90. The number of fused-ring (bicyclic) bond motifs is 1. The molecule has 1 aliphatic heterocycles. The SMILES string of the molecule is COc1ccc2cc(O)c(N3C=C(O)NS3(=O)=O)cc2c1. The molecule has 0 saturated heterocycles. The number of hydrogen-bond acceptors (Lipinski definition) is 5. The van der Waals surface area contributed by atoms with Crippen LogP contribution in [0.1, 0.15) is 0 Å². The third-order valence-corrected chi connectivity index (χ3v) is 4.40. The Bertz CT molecular complexity index is 860. The highest BCUT2D eigenvalue weighted by Crippen LogP contribution is 2.36. The van der Waals surface area contributed by atoms with Gasteiger partial charge in [0.05, 0.1) is 13.3 Å². The standard InChI is InChI=1S/C13H12N2O5S/c1-20-10-3-2-8-6-12(16)11(5-9(8)4-10)15-7-13(17)14-21(15,18)19/h2-7,14,16-17H,1H3. The van der Waals surface area contributed by atoms with Crippen LogP contribution in [0, 0.1) is 0 Å². The zero-order valence-electron chi connectivity index (χ0n) is 10.9. The number of benzene rings is 2. The minimum Gasteiger partial charge on any atom is -0.506 e. The van der Waals surface area contributed by atoms with Gasteiger partial charge in [0.1, 0.15) is 17.2 Å². The second-order valence-corrected chi connectivity index (χ2v) is 6.02. The number of phenols is 1. The molecule has 1 aliphatic rings. The van der Waals surface area contributed by atoms with Crippen molar-refractivity contribution in [2.75, 3.05) is 11.4 Å². The molecule has 8 heteroatoms. The molecule has 0 atom stereocenters. The summed E-state index contributed by atoms with van der Waals surface area (Å²) in [6, 6.07) is 8.16. The van der Waals surface area contributed by atoms with Gasteiger partial charge >= 0.3 is 10.2 Å². The van der Waals surface area contributed by atoms with Crippen LogP contribution in [0.5, 0.6) is 11.5 Å². The van der Waals surface area contributed by atoms with E-state index < -0.39 is 16.1 Å². The van der Waals surface area contributed by atoms with E-state index in [1.54, 1.807) is 18.2 Å². The van der Waals surface area contributed by atoms with E-state index in [0.717, 1.165) is 15.9 Å². The fourth-order valence-electron chi connectivity index (χ4n) is 2.14. The Morgan fingerprint density at radius 3 is 2.52 bits per heavy atom. The molecule has 110 valence electrons. The highest BCUT2D eigenvalue weighted by atomic mass is 32.2. The maximum absolute atomic E-state index is 11.9. The van der Waals surface area contributed by atoms with Crippen molar-refractivity contribution in [2.45, 2.75) is 0 Å². The second kappa shape index (κ2) is 4.45. The van der Waals surface area contributed by atoms with E-state index in [-0.39, 0.29) is 11.4 Å². The van der Waals surface area contributed by atoms with Crippen molar-refractivity contribution in [3.8, 4) is 11.5 Å². The molecule has 21 heavy (non-hydrogen) atoms. The number of phenolic OH excluding ortho intramolecular Hbond substituents is 1. The number of methoxy groups -OCH3 is 1. The summed E-state index contributed by atoms with van der Waals surface area (Å²) in [5, 5.41) is 20.8. The summed E-state index contributed by atoms with van der Waals surface area (Å²) in [7, 11) is -2.42. The normalized spacial score (nSPS) is 16.6. The van der Waals surface area contributed by atoms with E-state index in [2.05, 4.69) is 0 Å². The van der Waals surface area contributed by atoms with Gasteiger partial charge in [-0.1, -0.05) is 6.07 Å². The van der Waals surface area contributed by atoms with Crippen LogP contribution in [0.15, 0.2) is 42.4 Å². The number of ether oxygens (including phenoxy) is 1. The predicted molar refractivity (Wildman–Crippen MR) is 77.4 cm³/mol. The molecule has 0 aliphatic carbocycles. The largest absolute Gasteiger partial charge is 0.506 e. The molecule has 1 heterocycles. The zero-order chi connectivity index (χ0) is 15.2. The van der Waals surface area contributed by atoms with Crippen molar-refractivity contribution >= 4 is 26.7 Å². The van der Waals surface area contributed by atoms with Crippen LogP contribution in [0.3, 0.4) is 0 Å². The monoisotopic (exact) mass is 308 g/mol. The van der Waals surface area contributed by atoms with Crippen LogP contribution in [0.4, 0.5) is 5.69 Å². The molecule has 2 aromatic carbocycles. The maximum Gasteiger partial charge on any atom is 0.330 e. The molecule has 3 N–H and O–H groups in total. The van der Waals surface area contributed by atoms with E-state index in [1.165, 1.54) is 19.2 Å². The van der Waals surface area contributed by atoms with Gasteiger partial charge in [0.2, 0.25) is 5.88 Å². The maximum atomic E-state index is 11.9. The van der Waals surface area contributed by atoms with E-state index in [1.807, 2.05) is 4.72 Å². The molecule has 3 rings (SSSR count). The van der Waals surface area contributed by atoms with Crippen LogP contribution < -0.4 is 13.8 Å². The van der Waals surface area contributed by atoms with Gasteiger partial charge in [-0.15, -0.1) is 0 Å². The smallest absolute Gasteiger partial charge is 0.330 e. The average Bonchev–Trinajstić information content (AvgIpc) is 2.70. The Balaban J connectivity index is 2.21. The quantitative estimate of drug-likeness (QED) is 0.782. The molecule has 7 nitrogen and oxygen atoms in total. The highest BCUT2D eigenvalue weighted by molar-refractivity contribution is 7.91. The Labute approximate surface area is 120 Å². The van der Waals surface area contributed by atoms with E-state index in [4.69, 9.17) is 4.74 Å². The lowest BCUT2D eigenvalue weighted by Gasteiger charge is -2.16. The van der Waals surface area contributed by atoms with Crippen LogP contribution in [0.2, 0.25) is 0 Å². The molecule has 0 saturated carbocycles. The minimum atomic E-state index is -3.95. The van der Waals surface area contributed by atoms with Crippen LogP contribution in [-0.4, -0.2) is 25.7 Å². The molecular weight excluding hydrogens is 296 g/mol. The van der Waals surface area contributed by atoms with Crippen LogP contribution >= 0.6 is 0 Å². The number of aliphatic hydroxyl groups is 1. The van der Waals surface area contributed by atoms with Crippen molar-refractivity contribution < 1.29 is 23.4 Å². The van der Waals surface area contributed by atoms with Crippen molar-refractivity contribution in [3.63, 3.8) is 0 Å². The molecule has 0 radical (unpaired) electrons. The molecule has 0 spiro atoms. The summed E-state index contributed by atoms with van der Waals surface area (Å²) in [5.74, 6) is -0.121. The molecule has 0 fully saturated rings. The van der Waals surface area contributed by atoms with Gasteiger partial charge in [-0.2, -0.15) is 8.42 Å². The summed E-state index contributed by atoms with van der Waals surface area (Å²) in [6.45, 7) is 0. The molecule has 0 unspecified atom stereocenters. The van der Waals surface area contributed by atoms with Crippen LogP contribution in [0.25, 0.3) is 10.8 Å². The first-order valence-electron chi connectivity index (χ1n) is 5.94. The molecule has 2 aromatic rings. The number of rotatable bonds is 2. The van der Waals surface area contributed by atoms with Crippen molar-refractivity contribution in [1.29, 1.82) is 0 Å². The Hall–Kier alpha value is -2.61. The molecule has 0 aromatic heterocycles. The summed E-state index contributed by atoms with van der Waals surface area (Å²) in [6.07, 6.45) is 0.983. The number of nitrogens with one attached hydrogen (secondary N) is 1. The molecule has 0 bridgehead atoms. The van der Waals surface area contributed by atoms with Gasteiger partial charge in [-0.3, -0.25) is 0 Å². The summed E-state index contributed by atoms with van der Waals surface area (Å²) >= 11 is 0. The number of nitrogens with zero attached hydrogens (tertiary/aromatic N) is 1. The van der Waals surface area contributed by atoms with Gasteiger partial charge in [-0.05, 0) is 35.0 Å². The lowest BCUT2D eigenvalue weighted by atomic mass is 10.1. The van der Waals surface area contributed by atoms with E-state index >= 15 is 0 Å². The third kappa shape index (κ3) is 2.19. The fraction of sp³-hybridized carbons (Fsp3) is 0.0769. The first kappa shape index (κ1) is 13.4. The Morgan fingerprint density at radius 2 is 1.90 bits per heavy atom. The molecule has 0 amide bonds. The Morgan fingerprint density at radius 1 is 1.14 bits per heavy atom. The fourth-order valence-corrected chi connectivity index (χ4v) is 3.20. The van der Waals surface area contributed by atoms with Crippen molar-refractivity contribution in [1.82, 2.24) is 4.72 Å². The van der Waals surface area contributed by atoms with Crippen molar-refractivity contribution in [3.05, 3.63) is 42.4 Å². The average molecular weight is 308 g/mol. The molecular formula is C13H12N2O5S. The van der Waals surface area contributed by atoms with E-state index in [9.17, 15) is 18.6 Å². The predicted octanol–water partition coefficient (Wildman–Crippen LogP) is 1.57. The number of aliphatic hydroxyl groups excluding tert-OH is 1. The van der Waals surface area contributed by atoms with Crippen molar-refractivity contribution in [2.24, 2.45) is 0 Å². The second-order valence-electron chi connectivity index (χ2n) is 4.47. The van der Waals surface area contributed by atoms with Gasteiger partial charge in [0.25, 0.3) is 0 Å². The van der Waals surface area contributed by atoms with Gasteiger partial charge in [0.15, 0.2) is 0 Å². The summed E-state index contributed by atoms with van der Waals surface area (Å²) in [5.41, 5.74) is 0.0345. The summed E-state index contributed by atoms with van der Waals surface area (Å²) in [4.78, 5) is 0. The third-order valence-electron chi connectivity index (χ3n) is 3.11. The van der Waals surface area contributed by atoms with Gasteiger partial charge in [0, 0.05) is 0 Å². The number of hydrogen-bond donors (Lipinski definition) is 3.